The molecule has 0 aliphatic rings. The molecule has 0 aliphatic carbocycles. The molecular weight excluding hydrogens is 314 g/mol. The first-order chi connectivity index (χ1) is 10.8. The van der Waals surface area contributed by atoms with Crippen molar-refractivity contribution in [3.05, 3.63) is 29.8 Å². The van der Waals surface area contributed by atoms with E-state index in [4.69, 9.17) is 4.74 Å². The molecule has 1 aromatic rings. The summed E-state index contributed by atoms with van der Waals surface area (Å²) in [5.74, 6) is -2.33. The number of para-hydroxylation sites is 1. The average molecular weight is 330 g/mol. The van der Waals surface area contributed by atoms with Gasteiger partial charge in [0.1, 0.15) is 11.3 Å². The predicted octanol–water partition coefficient (Wildman–Crippen LogP) is 0.649. The molecule has 0 unspecified atom stereocenters. The second kappa shape index (κ2) is 8.66. The number of rotatable bonds is 7. The molecule has 0 aromatic heterocycles. The van der Waals surface area contributed by atoms with Gasteiger partial charge in [0.05, 0.1) is 6.54 Å². The van der Waals surface area contributed by atoms with Gasteiger partial charge < -0.3 is 19.7 Å². The molecule has 0 spiro atoms. The van der Waals surface area contributed by atoms with E-state index in [1.165, 1.54) is 38.4 Å². The van der Waals surface area contributed by atoms with Crippen LogP contribution in [0, 0.1) is 0 Å². The van der Waals surface area contributed by atoms with Crippen LogP contribution < -0.4 is 10.1 Å². The van der Waals surface area contributed by atoms with Gasteiger partial charge in [-0.2, -0.15) is 8.78 Å². The number of benzene rings is 1. The SMILES string of the molecule is CNC(=O)CN(C)C(=O)COC(=O)c1ccccc1OC(F)F. The molecule has 126 valence electrons. The zero-order valence-electron chi connectivity index (χ0n) is 12.5. The van der Waals surface area contributed by atoms with Crippen molar-refractivity contribution < 1.29 is 32.6 Å². The second-order valence-electron chi connectivity index (χ2n) is 4.37. The topological polar surface area (TPSA) is 84.9 Å². The third-order valence-corrected chi connectivity index (χ3v) is 2.74. The zero-order chi connectivity index (χ0) is 17.4. The fourth-order valence-electron chi connectivity index (χ4n) is 1.53. The van der Waals surface area contributed by atoms with Gasteiger partial charge in [0, 0.05) is 14.1 Å². The lowest BCUT2D eigenvalue weighted by Gasteiger charge is -2.16. The summed E-state index contributed by atoms with van der Waals surface area (Å²) in [6.45, 7) is -3.92. The largest absolute Gasteiger partial charge is 0.452 e. The number of hydrogen-bond acceptors (Lipinski definition) is 5. The Morgan fingerprint density at radius 3 is 2.52 bits per heavy atom. The summed E-state index contributed by atoms with van der Waals surface area (Å²) in [4.78, 5) is 35.8. The van der Waals surface area contributed by atoms with Crippen LogP contribution in [-0.2, 0) is 14.3 Å². The van der Waals surface area contributed by atoms with Crippen molar-refractivity contribution in [2.45, 2.75) is 6.61 Å². The molecule has 1 N–H and O–H groups in total. The van der Waals surface area contributed by atoms with Crippen LogP contribution in [0.3, 0.4) is 0 Å². The Morgan fingerprint density at radius 2 is 1.91 bits per heavy atom. The molecule has 2 amide bonds. The highest BCUT2D eigenvalue weighted by atomic mass is 19.3. The van der Waals surface area contributed by atoms with Crippen LogP contribution in [0.4, 0.5) is 8.78 Å². The molecule has 0 atom stereocenters. The van der Waals surface area contributed by atoms with E-state index in [2.05, 4.69) is 10.1 Å². The molecule has 0 saturated heterocycles. The van der Waals surface area contributed by atoms with E-state index in [0.717, 1.165) is 4.90 Å². The van der Waals surface area contributed by atoms with Crippen molar-refractivity contribution in [2.75, 3.05) is 27.2 Å². The van der Waals surface area contributed by atoms with Crippen molar-refractivity contribution in [2.24, 2.45) is 0 Å². The number of carbonyl (C=O) groups is 3. The van der Waals surface area contributed by atoms with Crippen LogP contribution in [0.1, 0.15) is 10.4 Å². The van der Waals surface area contributed by atoms with E-state index in [-0.39, 0.29) is 23.8 Å². The molecule has 1 rings (SSSR count). The number of nitrogens with one attached hydrogen (secondary N) is 1. The highest BCUT2D eigenvalue weighted by Gasteiger charge is 2.19. The Labute approximate surface area is 131 Å². The third-order valence-electron chi connectivity index (χ3n) is 2.74. The number of nitrogens with zero attached hydrogens (tertiary/aromatic N) is 1. The van der Waals surface area contributed by atoms with Gasteiger partial charge in [-0.3, -0.25) is 9.59 Å². The summed E-state index contributed by atoms with van der Waals surface area (Å²) in [5.41, 5.74) is -0.227. The summed E-state index contributed by atoms with van der Waals surface area (Å²) in [6.07, 6.45) is 0. The van der Waals surface area contributed by atoms with E-state index in [1.54, 1.807) is 0 Å². The first-order valence-corrected chi connectivity index (χ1v) is 6.50. The maximum absolute atomic E-state index is 12.3. The summed E-state index contributed by atoms with van der Waals surface area (Å²) in [7, 11) is 2.78. The maximum atomic E-state index is 12.3. The third kappa shape index (κ3) is 5.89. The summed E-state index contributed by atoms with van der Waals surface area (Å²) in [5, 5.41) is 2.34. The van der Waals surface area contributed by atoms with Gasteiger partial charge >= 0.3 is 12.6 Å². The lowest BCUT2D eigenvalue weighted by atomic mass is 10.2. The molecule has 0 aliphatic heterocycles. The van der Waals surface area contributed by atoms with Crippen LogP contribution in [0.5, 0.6) is 5.75 Å². The average Bonchev–Trinajstić information content (AvgIpc) is 2.51. The molecule has 23 heavy (non-hydrogen) atoms. The van der Waals surface area contributed by atoms with Crippen LogP contribution in [-0.4, -0.2) is 56.5 Å². The van der Waals surface area contributed by atoms with E-state index < -0.39 is 25.1 Å². The number of likely N-dealkylation sites (N-methyl/N-ethyl adjacent to an activating group) is 2. The Kier molecular flexibility index (Phi) is 6.91. The molecule has 7 nitrogen and oxygen atoms in total. The van der Waals surface area contributed by atoms with Crippen LogP contribution in [0.25, 0.3) is 0 Å². The van der Waals surface area contributed by atoms with Crippen molar-refractivity contribution in [3.8, 4) is 5.75 Å². The fraction of sp³-hybridized carbons (Fsp3) is 0.357. The molecule has 1 aromatic carbocycles. The number of ether oxygens (including phenoxy) is 2. The molecule has 0 fully saturated rings. The Morgan fingerprint density at radius 1 is 1.26 bits per heavy atom. The van der Waals surface area contributed by atoms with E-state index in [0.29, 0.717) is 0 Å². The van der Waals surface area contributed by atoms with Crippen molar-refractivity contribution >= 4 is 17.8 Å². The maximum Gasteiger partial charge on any atom is 0.387 e. The van der Waals surface area contributed by atoms with E-state index in [1.807, 2.05) is 0 Å². The number of alkyl halides is 2. The summed E-state index contributed by atoms with van der Waals surface area (Å²) >= 11 is 0. The van der Waals surface area contributed by atoms with E-state index >= 15 is 0 Å². The highest BCUT2D eigenvalue weighted by Crippen LogP contribution is 2.21. The molecule has 0 saturated carbocycles. The molecule has 0 radical (unpaired) electrons. The van der Waals surface area contributed by atoms with Crippen molar-refractivity contribution in [1.82, 2.24) is 10.2 Å². The van der Waals surface area contributed by atoms with Crippen LogP contribution in [0.2, 0.25) is 0 Å². The number of amides is 2. The lowest BCUT2D eigenvalue weighted by molar-refractivity contribution is -0.137. The van der Waals surface area contributed by atoms with Gasteiger partial charge in [-0.25, -0.2) is 4.79 Å². The zero-order valence-corrected chi connectivity index (χ0v) is 12.5. The number of hydrogen-bond donors (Lipinski definition) is 1. The van der Waals surface area contributed by atoms with Gasteiger partial charge in [-0.15, -0.1) is 0 Å². The molecule has 0 bridgehead atoms. The van der Waals surface area contributed by atoms with Gasteiger partial charge in [0.2, 0.25) is 5.91 Å². The molecular formula is C14H16F2N2O5. The number of halogens is 2. The normalized spacial score (nSPS) is 10.1. The Balaban J connectivity index is 2.63. The number of carbonyl (C=O) groups excluding carboxylic acids is 3. The van der Waals surface area contributed by atoms with Gasteiger partial charge in [-0.05, 0) is 12.1 Å². The summed E-state index contributed by atoms with van der Waals surface area (Å²) in [6, 6.07) is 5.27. The van der Waals surface area contributed by atoms with Gasteiger partial charge in [-0.1, -0.05) is 12.1 Å². The van der Waals surface area contributed by atoms with Crippen molar-refractivity contribution in [1.29, 1.82) is 0 Å². The minimum absolute atomic E-state index is 0.196. The van der Waals surface area contributed by atoms with E-state index in [9.17, 15) is 23.2 Å². The monoisotopic (exact) mass is 330 g/mol. The fourth-order valence-corrected chi connectivity index (χ4v) is 1.53. The first-order valence-electron chi connectivity index (χ1n) is 6.50. The van der Waals surface area contributed by atoms with Crippen LogP contribution in [0.15, 0.2) is 24.3 Å². The van der Waals surface area contributed by atoms with Crippen molar-refractivity contribution in [3.63, 3.8) is 0 Å². The molecule has 0 heterocycles. The highest BCUT2D eigenvalue weighted by molar-refractivity contribution is 5.94. The quantitative estimate of drug-likeness (QED) is 0.742. The molecule has 9 heteroatoms. The van der Waals surface area contributed by atoms with Crippen LogP contribution >= 0.6 is 0 Å². The lowest BCUT2D eigenvalue weighted by Crippen LogP contribution is -2.39. The Bertz CT molecular complexity index is 580. The Hall–Kier alpha value is -2.71. The second-order valence-corrected chi connectivity index (χ2v) is 4.37. The van der Waals surface area contributed by atoms with Gasteiger partial charge in [0.15, 0.2) is 6.61 Å². The van der Waals surface area contributed by atoms with Gasteiger partial charge in [0.25, 0.3) is 5.91 Å². The minimum Gasteiger partial charge on any atom is -0.452 e. The summed E-state index contributed by atoms with van der Waals surface area (Å²) < 4.78 is 33.5. The minimum atomic E-state index is -3.09. The smallest absolute Gasteiger partial charge is 0.387 e. The predicted molar refractivity (Wildman–Crippen MR) is 75.1 cm³/mol. The first kappa shape index (κ1) is 18.3. The number of esters is 1. The standard InChI is InChI=1S/C14H16F2N2O5/c1-17-11(19)7-18(2)12(20)8-22-13(21)9-5-3-4-6-10(9)23-14(15)16/h3-6,14H,7-8H2,1-2H3,(H,17,19).